The van der Waals surface area contributed by atoms with Gasteiger partial charge in [0.15, 0.2) is 0 Å². The first-order chi connectivity index (χ1) is 13.6. The SMILES string of the molecule is CCCCCCCCC1(CC)CC(C)c2ccc([B]OC(C)(C)C(C)(C)O)cc21. The molecule has 3 heteroatoms. The summed E-state index contributed by atoms with van der Waals surface area (Å²) in [6.07, 6.45) is 11.9. The minimum atomic E-state index is -0.903. The molecule has 1 aromatic rings. The molecule has 0 heterocycles. The second-order valence-electron chi connectivity index (χ2n) is 10.4. The van der Waals surface area contributed by atoms with E-state index >= 15 is 0 Å². The first-order valence-corrected chi connectivity index (χ1v) is 11.9. The number of unbranched alkanes of at least 4 members (excludes halogenated alkanes) is 5. The second-order valence-corrected chi connectivity index (χ2v) is 10.4. The van der Waals surface area contributed by atoms with Crippen LogP contribution in [0.3, 0.4) is 0 Å². The van der Waals surface area contributed by atoms with Gasteiger partial charge in [-0.3, -0.25) is 0 Å². The molecule has 0 aromatic heterocycles. The summed E-state index contributed by atoms with van der Waals surface area (Å²) in [4.78, 5) is 0. The van der Waals surface area contributed by atoms with Gasteiger partial charge >= 0.3 is 7.48 Å². The molecule has 1 N–H and O–H groups in total. The van der Waals surface area contributed by atoms with Gasteiger partial charge in [-0.15, -0.1) is 0 Å². The van der Waals surface area contributed by atoms with Gasteiger partial charge in [0.1, 0.15) is 0 Å². The van der Waals surface area contributed by atoms with E-state index in [1.807, 2.05) is 21.3 Å². The zero-order valence-corrected chi connectivity index (χ0v) is 20.1. The number of fused-ring (bicyclic) bond motifs is 1. The second kappa shape index (κ2) is 10.0. The third-order valence-electron chi connectivity index (χ3n) is 7.53. The van der Waals surface area contributed by atoms with Gasteiger partial charge in [-0.25, -0.2) is 0 Å². The fourth-order valence-electron chi connectivity index (χ4n) is 4.69. The highest BCUT2D eigenvalue weighted by Crippen LogP contribution is 2.50. The van der Waals surface area contributed by atoms with Crippen molar-refractivity contribution in [2.24, 2.45) is 0 Å². The molecule has 163 valence electrons. The smallest absolute Gasteiger partial charge is 0.330 e. The third-order valence-corrected chi connectivity index (χ3v) is 7.53. The van der Waals surface area contributed by atoms with Gasteiger partial charge in [0.25, 0.3) is 0 Å². The Morgan fingerprint density at radius 3 is 2.34 bits per heavy atom. The van der Waals surface area contributed by atoms with Crippen molar-refractivity contribution >= 4 is 12.9 Å². The van der Waals surface area contributed by atoms with Crippen LogP contribution >= 0.6 is 0 Å². The number of hydrogen-bond acceptors (Lipinski definition) is 2. The summed E-state index contributed by atoms with van der Waals surface area (Å²) < 4.78 is 6.03. The number of rotatable bonds is 12. The fourth-order valence-corrected chi connectivity index (χ4v) is 4.69. The molecular formula is C26H44BO2. The topological polar surface area (TPSA) is 29.5 Å². The predicted octanol–water partition coefficient (Wildman–Crippen LogP) is 6.40. The van der Waals surface area contributed by atoms with Crippen LogP contribution in [-0.2, 0) is 10.1 Å². The van der Waals surface area contributed by atoms with E-state index in [1.165, 1.54) is 63.4 Å². The monoisotopic (exact) mass is 399 g/mol. The first-order valence-electron chi connectivity index (χ1n) is 11.9. The minimum Gasteiger partial charge on any atom is -0.427 e. The van der Waals surface area contributed by atoms with Crippen molar-refractivity contribution in [3.05, 3.63) is 29.3 Å². The summed E-state index contributed by atoms with van der Waals surface area (Å²) in [6, 6.07) is 6.84. The Kier molecular flexibility index (Phi) is 8.45. The van der Waals surface area contributed by atoms with E-state index < -0.39 is 11.2 Å². The molecule has 29 heavy (non-hydrogen) atoms. The lowest BCUT2D eigenvalue weighted by Crippen LogP contribution is -2.49. The molecule has 1 radical (unpaired) electrons. The Morgan fingerprint density at radius 2 is 1.72 bits per heavy atom. The quantitative estimate of drug-likeness (QED) is 0.325. The lowest BCUT2D eigenvalue weighted by molar-refractivity contribution is -0.0893. The van der Waals surface area contributed by atoms with Gasteiger partial charge in [0, 0.05) is 0 Å². The summed E-state index contributed by atoms with van der Waals surface area (Å²) in [7, 11) is 1.84. The van der Waals surface area contributed by atoms with E-state index in [0.29, 0.717) is 11.3 Å². The Labute approximate surface area is 181 Å². The Bertz CT molecular complexity index is 647. The molecule has 0 saturated carbocycles. The lowest BCUT2D eigenvalue weighted by Gasteiger charge is -2.37. The molecule has 2 atom stereocenters. The molecule has 1 aliphatic carbocycles. The minimum absolute atomic E-state index is 0.315. The highest BCUT2D eigenvalue weighted by molar-refractivity contribution is 6.47. The summed E-state index contributed by atoms with van der Waals surface area (Å²) in [6.45, 7) is 14.5. The number of aliphatic hydroxyl groups is 1. The van der Waals surface area contributed by atoms with Gasteiger partial charge in [0.05, 0.1) is 11.2 Å². The van der Waals surface area contributed by atoms with Crippen molar-refractivity contribution in [2.75, 3.05) is 0 Å². The molecule has 0 fully saturated rings. The predicted molar refractivity (Wildman–Crippen MR) is 126 cm³/mol. The normalized spacial score (nSPS) is 22.0. The zero-order chi connectivity index (χ0) is 21.7. The van der Waals surface area contributed by atoms with Gasteiger partial charge in [-0.2, -0.15) is 0 Å². The van der Waals surface area contributed by atoms with Gasteiger partial charge < -0.3 is 9.76 Å². The van der Waals surface area contributed by atoms with Crippen molar-refractivity contribution in [2.45, 2.75) is 129 Å². The molecule has 0 spiro atoms. The number of benzene rings is 1. The standard InChI is InChI=1S/C26H44BO2/c1-8-10-11-12-13-14-17-26(9-2)19-20(3)22-16-15-21(18-23(22)26)27-29-25(6,7)24(4,5)28/h15-16,18,20,28H,8-14,17,19H2,1-7H3. The molecule has 0 amide bonds. The highest BCUT2D eigenvalue weighted by Gasteiger charge is 2.41. The van der Waals surface area contributed by atoms with Crippen LogP contribution in [0.4, 0.5) is 0 Å². The largest absolute Gasteiger partial charge is 0.427 e. The van der Waals surface area contributed by atoms with Crippen molar-refractivity contribution in [3.8, 4) is 0 Å². The maximum atomic E-state index is 10.4. The van der Waals surface area contributed by atoms with E-state index in [4.69, 9.17) is 4.65 Å². The molecule has 2 unspecified atom stereocenters. The first kappa shape index (κ1) is 24.5. The van der Waals surface area contributed by atoms with Crippen LogP contribution in [0.5, 0.6) is 0 Å². The molecular weight excluding hydrogens is 355 g/mol. The van der Waals surface area contributed by atoms with E-state index in [-0.39, 0.29) is 0 Å². The maximum Gasteiger partial charge on any atom is 0.330 e. The van der Waals surface area contributed by atoms with Crippen LogP contribution in [0, 0.1) is 0 Å². The lowest BCUT2D eigenvalue weighted by atomic mass is 9.73. The number of hydrogen-bond donors (Lipinski definition) is 1. The molecule has 2 rings (SSSR count). The van der Waals surface area contributed by atoms with Crippen molar-refractivity contribution in [1.29, 1.82) is 0 Å². The molecule has 0 saturated heterocycles. The summed E-state index contributed by atoms with van der Waals surface area (Å²) in [5.74, 6) is 0.632. The van der Waals surface area contributed by atoms with Gasteiger partial charge in [-0.05, 0) is 69.4 Å². The summed E-state index contributed by atoms with van der Waals surface area (Å²) >= 11 is 0. The van der Waals surface area contributed by atoms with Crippen LogP contribution in [0.2, 0.25) is 0 Å². The summed E-state index contributed by atoms with van der Waals surface area (Å²) in [5.41, 5.74) is 2.95. The van der Waals surface area contributed by atoms with Gasteiger partial charge in [0.2, 0.25) is 0 Å². The average Bonchev–Trinajstić information content (AvgIpc) is 2.94. The molecule has 1 aromatic carbocycles. The van der Waals surface area contributed by atoms with Crippen LogP contribution in [0.25, 0.3) is 0 Å². The van der Waals surface area contributed by atoms with Gasteiger partial charge in [-0.1, -0.05) is 83.0 Å². The molecule has 1 aliphatic rings. The molecule has 2 nitrogen and oxygen atoms in total. The van der Waals surface area contributed by atoms with E-state index in [1.54, 1.807) is 19.4 Å². The van der Waals surface area contributed by atoms with E-state index in [9.17, 15) is 5.11 Å². The summed E-state index contributed by atoms with van der Waals surface area (Å²) in [5, 5.41) is 10.4. The third kappa shape index (κ3) is 5.88. The highest BCUT2D eigenvalue weighted by atomic mass is 16.5. The van der Waals surface area contributed by atoms with Crippen molar-refractivity contribution in [1.82, 2.24) is 0 Å². The Balaban J connectivity index is 2.10. The van der Waals surface area contributed by atoms with Crippen LogP contribution in [0.1, 0.15) is 123 Å². The Hall–Kier alpha value is -0.795. The van der Waals surface area contributed by atoms with Crippen molar-refractivity contribution < 1.29 is 9.76 Å². The molecule has 0 bridgehead atoms. The van der Waals surface area contributed by atoms with Crippen molar-refractivity contribution in [3.63, 3.8) is 0 Å². The van der Waals surface area contributed by atoms with E-state index in [2.05, 4.69) is 39.0 Å². The van der Waals surface area contributed by atoms with E-state index in [0.717, 1.165) is 5.46 Å². The fraction of sp³-hybridized carbons (Fsp3) is 0.769. The Morgan fingerprint density at radius 1 is 1.07 bits per heavy atom. The van der Waals surface area contributed by atoms with Crippen LogP contribution in [0.15, 0.2) is 18.2 Å². The maximum absolute atomic E-state index is 10.4. The average molecular weight is 399 g/mol. The zero-order valence-electron chi connectivity index (χ0n) is 20.1. The van der Waals surface area contributed by atoms with Crippen LogP contribution < -0.4 is 5.46 Å². The molecule has 0 aliphatic heterocycles. The van der Waals surface area contributed by atoms with Crippen LogP contribution in [-0.4, -0.2) is 23.8 Å².